The van der Waals surface area contributed by atoms with Crippen LogP contribution in [-0.2, 0) is 9.59 Å². The number of anilines is 1. The van der Waals surface area contributed by atoms with Gasteiger partial charge in [-0.05, 0) is 48.9 Å². The average Bonchev–Trinajstić information content (AvgIpc) is 3.22. The highest BCUT2D eigenvalue weighted by atomic mass is 35.5. The smallest absolute Gasteiger partial charge is 0.255 e. The minimum absolute atomic E-state index is 0.0287. The number of hydrogen-bond acceptors (Lipinski definition) is 4. The number of nitrogens with two attached hydrogens (primary N) is 1. The molecule has 0 bridgehead atoms. The SMILES string of the molecule is NC(=O)CCC(NC(=O)c1ccc2c(Cl)c[nH]c2c1)C(=O)Nc1ccc(-n2ccccc2=O)cc1. The highest BCUT2D eigenvalue weighted by Gasteiger charge is 2.22. The fraction of sp³-hybridized carbons (Fsp3) is 0.120. The lowest BCUT2D eigenvalue weighted by Gasteiger charge is -2.18. The van der Waals surface area contributed by atoms with E-state index in [0.717, 1.165) is 5.39 Å². The molecule has 0 radical (unpaired) electrons. The number of amides is 3. The summed E-state index contributed by atoms with van der Waals surface area (Å²) in [5.41, 5.74) is 7.17. The van der Waals surface area contributed by atoms with Gasteiger partial charge in [0.05, 0.1) is 5.02 Å². The van der Waals surface area contributed by atoms with Crippen molar-refractivity contribution in [1.82, 2.24) is 14.9 Å². The highest BCUT2D eigenvalue weighted by molar-refractivity contribution is 6.35. The van der Waals surface area contributed by atoms with Crippen molar-refractivity contribution in [3.8, 4) is 5.69 Å². The summed E-state index contributed by atoms with van der Waals surface area (Å²) in [6.07, 6.45) is 3.21. The summed E-state index contributed by atoms with van der Waals surface area (Å²) in [4.78, 5) is 52.1. The minimum atomic E-state index is -1.01. The summed E-state index contributed by atoms with van der Waals surface area (Å²) in [6, 6.07) is 15.4. The number of fused-ring (bicyclic) bond motifs is 1. The quantitative estimate of drug-likeness (QED) is 0.301. The molecule has 3 amide bonds. The molecule has 4 aromatic rings. The standard InChI is InChI=1S/C25H22ClN5O4/c26-19-14-28-21-13-15(4-9-18(19)21)24(34)30-20(10-11-22(27)32)25(35)29-16-5-7-17(8-6-16)31-12-2-1-3-23(31)33/h1-9,12-14,20,28H,10-11H2,(H2,27,32)(H,29,35)(H,30,34). The number of benzene rings is 2. The van der Waals surface area contributed by atoms with E-state index >= 15 is 0 Å². The van der Waals surface area contributed by atoms with Crippen molar-refractivity contribution in [3.05, 3.63) is 94.0 Å². The lowest BCUT2D eigenvalue weighted by Crippen LogP contribution is -2.44. The Labute approximate surface area is 204 Å². The molecule has 10 heteroatoms. The van der Waals surface area contributed by atoms with Gasteiger partial charge < -0.3 is 21.4 Å². The normalized spacial score (nSPS) is 11.7. The fourth-order valence-corrected chi connectivity index (χ4v) is 3.82. The highest BCUT2D eigenvalue weighted by Crippen LogP contribution is 2.23. The average molecular weight is 492 g/mol. The number of carbonyl (C=O) groups is 3. The van der Waals surface area contributed by atoms with Gasteiger partial charge in [-0.2, -0.15) is 0 Å². The van der Waals surface area contributed by atoms with Crippen LogP contribution in [0.4, 0.5) is 5.69 Å². The zero-order valence-corrected chi connectivity index (χ0v) is 19.2. The Hall–Kier alpha value is -4.37. The number of nitrogens with one attached hydrogen (secondary N) is 3. The predicted molar refractivity (Wildman–Crippen MR) is 134 cm³/mol. The first-order valence-electron chi connectivity index (χ1n) is 10.8. The van der Waals surface area contributed by atoms with Gasteiger partial charge in [0.15, 0.2) is 0 Å². The maximum Gasteiger partial charge on any atom is 0.255 e. The van der Waals surface area contributed by atoms with Crippen molar-refractivity contribution in [1.29, 1.82) is 0 Å². The minimum Gasteiger partial charge on any atom is -0.370 e. The van der Waals surface area contributed by atoms with E-state index in [-0.39, 0.29) is 18.4 Å². The van der Waals surface area contributed by atoms with Gasteiger partial charge in [-0.1, -0.05) is 23.7 Å². The number of aromatic amines is 1. The molecular weight excluding hydrogens is 470 g/mol. The van der Waals surface area contributed by atoms with E-state index in [0.29, 0.717) is 27.5 Å². The number of aromatic nitrogens is 2. The molecule has 0 saturated carbocycles. The van der Waals surface area contributed by atoms with Crippen molar-refractivity contribution in [3.63, 3.8) is 0 Å². The third-order valence-corrected chi connectivity index (χ3v) is 5.74. The van der Waals surface area contributed by atoms with Crippen molar-refractivity contribution in [2.75, 3.05) is 5.32 Å². The van der Waals surface area contributed by atoms with Gasteiger partial charge in [-0.25, -0.2) is 0 Å². The number of primary amides is 1. The van der Waals surface area contributed by atoms with Crippen LogP contribution in [0.5, 0.6) is 0 Å². The van der Waals surface area contributed by atoms with Crippen LogP contribution < -0.4 is 21.9 Å². The van der Waals surface area contributed by atoms with E-state index in [1.165, 1.54) is 10.6 Å². The molecule has 2 aromatic heterocycles. The second kappa shape index (κ2) is 10.3. The number of H-pyrrole nitrogens is 1. The summed E-state index contributed by atoms with van der Waals surface area (Å²) in [5, 5.41) is 6.71. The van der Waals surface area contributed by atoms with Gasteiger partial charge in [0.2, 0.25) is 11.8 Å². The lowest BCUT2D eigenvalue weighted by atomic mass is 10.1. The molecule has 5 N–H and O–H groups in total. The zero-order chi connectivity index (χ0) is 24.9. The van der Waals surface area contributed by atoms with Crippen LogP contribution in [-0.4, -0.2) is 33.3 Å². The van der Waals surface area contributed by atoms with Crippen LogP contribution in [0.1, 0.15) is 23.2 Å². The number of rotatable bonds is 8. The Morgan fingerprint density at radius 2 is 1.83 bits per heavy atom. The Balaban J connectivity index is 1.48. The van der Waals surface area contributed by atoms with Crippen molar-refractivity contribution >= 4 is 45.9 Å². The van der Waals surface area contributed by atoms with Gasteiger partial charge in [-0.15, -0.1) is 0 Å². The first-order valence-corrected chi connectivity index (χ1v) is 11.1. The number of pyridine rings is 1. The molecule has 2 heterocycles. The number of carbonyl (C=O) groups excluding carboxylic acids is 3. The maximum absolute atomic E-state index is 13.0. The van der Waals surface area contributed by atoms with E-state index in [1.54, 1.807) is 67.0 Å². The molecule has 0 saturated heterocycles. The first-order chi connectivity index (χ1) is 16.8. The summed E-state index contributed by atoms with van der Waals surface area (Å²) in [6.45, 7) is 0. The summed E-state index contributed by atoms with van der Waals surface area (Å²) >= 11 is 6.09. The van der Waals surface area contributed by atoms with E-state index in [4.69, 9.17) is 17.3 Å². The van der Waals surface area contributed by atoms with Gasteiger partial charge in [0.1, 0.15) is 6.04 Å². The van der Waals surface area contributed by atoms with Crippen LogP contribution >= 0.6 is 11.6 Å². The molecule has 4 rings (SSSR count). The van der Waals surface area contributed by atoms with E-state index in [9.17, 15) is 19.2 Å². The number of halogens is 1. The van der Waals surface area contributed by atoms with Crippen molar-refractivity contribution < 1.29 is 14.4 Å². The summed E-state index contributed by atoms with van der Waals surface area (Å²) in [7, 11) is 0. The molecule has 0 fully saturated rings. The van der Waals surface area contributed by atoms with Gasteiger partial charge in [-0.3, -0.25) is 23.7 Å². The molecule has 35 heavy (non-hydrogen) atoms. The van der Waals surface area contributed by atoms with Crippen LogP contribution in [0, 0.1) is 0 Å². The molecule has 2 aromatic carbocycles. The molecule has 9 nitrogen and oxygen atoms in total. The van der Waals surface area contributed by atoms with E-state index < -0.39 is 23.8 Å². The summed E-state index contributed by atoms with van der Waals surface area (Å²) < 4.78 is 1.47. The topological polar surface area (TPSA) is 139 Å². The van der Waals surface area contributed by atoms with Crippen molar-refractivity contribution in [2.24, 2.45) is 5.73 Å². The number of nitrogens with zero attached hydrogens (tertiary/aromatic N) is 1. The summed E-state index contributed by atoms with van der Waals surface area (Å²) in [5.74, 6) is -1.58. The Kier molecular flexibility index (Phi) is 6.98. The largest absolute Gasteiger partial charge is 0.370 e. The molecular formula is C25H22ClN5O4. The van der Waals surface area contributed by atoms with Crippen LogP contribution in [0.15, 0.2) is 77.9 Å². The zero-order valence-electron chi connectivity index (χ0n) is 18.5. The Bertz CT molecular complexity index is 1460. The third-order valence-electron chi connectivity index (χ3n) is 5.43. The monoisotopic (exact) mass is 491 g/mol. The molecule has 1 unspecified atom stereocenters. The van der Waals surface area contributed by atoms with Crippen LogP contribution in [0.2, 0.25) is 5.02 Å². The van der Waals surface area contributed by atoms with E-state index in [1.807, 2.05) is 0 Å². The lowest BCUT2D eigenvalue weighted by molar-refractivity contribution is -0.119. The molecule has 0 aliphatic carbocycles. The fourth-order valence-electron chi connectivity index (χ4n) is 3.60. The van der Waals surface area contributed by atoms with Gasteiger partial charge >= 0.3 is 0 Å². The molecule has 0 aliphatic rings. The molecule has 0 spiro atoms. The molecule has 1 atom stereocenters. The first kappa shape index (κ1) is 23.8. The van der Waals surface area contributed by atoms with E-state index in [2.05, 4.69) is 15.6 Å². The third kappa shape index (κ3) is 5.59. The predicted octanol–water partition coefficient (Wildman–Crippen LogP) is 2.97. The second-order valence-corrected chi connectivity index (χ2v) is 8.28. The van der Waals surface area contributed by atoms with Crippen LogP contribution in [0.3, 0.4) is 0 Å². The molecule has 0 aliphatic heterocycles. The second-order valence-electron chi connectivity index (χ2n) is 7.87. The van der Waals surface area contributed by atoms with Gasteiger partial charge in [0, 0.05) is 52.7 Å². The van der Waals surface area contributed by atoms with Crippen LogP contribution in [0.25, 0.3) is 16.6 Å². The Morgan fingerprint density at radius 1 is 1.06 bits per heavy atom. The van der Waals surface area contributed by atoms with Crippen molar-refractivity contribution in [2.45, 2.75) is 18.9 Å². The Morgan fingerprint density at radius 3 is 2.54 bits per heavy atom. The van der Waals surface area contributed by atoms with Gasteiger partial charge in [0.25, 0.3) is 11.5 Å². The number of hydrogen-bond donors (Lipinski definition) is 4. The maximum atomic E-state index is 13.0. The molecule has 178 valence electrons.